The van der Waals surface area contributed by atoms with E-state index in [1.165, 1.54) is 12.1 Å². The number of aliphatic hydroxyl groups excluding tert-OH is 1. The molecule has 0 saturated carbocycles. The first-order valence-electron chi connectivity index (χ1n) is 8.84. The summed E-state index contributed by atoms with van der Waals surface area (Å²) >= 11 is 9.61. The summed E-state index contributed by atoms with van der Waals surface area (Å²) in [5.74, 6) is 0.791. The molecular weight excluding hydrogens is 437 g/mol. The maximum atomic E-state index is 13.2. The number of ether oxygens (including phenoxy) is 2. The Morgan fingerprint density at radius 1 is 1.22 bits per heavy atom. The van der Waals surface area contributed by atoms with Crippen LogP contribution in [-0.4, -0.2) is 24.4 Å². The fourth-order valence-corrected chi connectivity index (χ4v) is 3.34. The van der Waals surface area contributed by atoms with E-state index in [1.54, 1.807) is 6.07 Å². The molecule has 1 atom stereocenters. The smallest absolute Gasteiger partial charge is 0.175 e. The van der Waals surface area contributed by atoms with Gasteiger partial charge in [0.25, 0.3) is 0 Å². The van der Waals surface area contributed by atoms with Gasteiger partial charge in [-0.25, -0.2) is 4.39 Å². The SMILES string of the molecule is CCOc1cc(CN[C@@H](CC)CO)cc(Br)c1OCc1ccc(F)cc1Cl. The minimum atomic E-state index is -0.384. The lowest BCUT2D eigenvalue weighted by molar-refractivity contribution is 0.238. The third-order valence-electron chi connectivity index (χ3n) is 4.06. The molecule has 0 bridgehead atoms. The van der Waals surface area contributed by atoms with Crippen LogP contribution in [0.2, 0.25) is 5.02 Å². The van der Waals surface area contributed by atoms with E-state index in [2.05, 4.69) is 21.2 Å². The van der Waals surface area contributed by atoms with Crippen LogP contribution in [0.3, 0.4) is 0 Å². The first-order valence-corrected chi connectivity index (χ1v) is 10.0. The standard InChI is InChI=1S/C20H24BrClFNO3/c1-3-16(11-25)24-10-13-7-17(21)20(19(8-13)26-4-2)27-12-14-5-6-15(23)9-18(14)22/h5-9,16,24-25H,3-4,10-12H2,1-2H3/t16-/m0/s1. The first-order chi connectivity index (χ1) is 13.0. The summed E-state index contributed by atoms with van der Waals surface area (Å²) in [5, 5.41) is 12.9. The lowest BCUT2D eigenvalue weighted by atomic mass is 10.1. The Hall–Kier alpha value is -1.34. The molecule has 2 N–H and O–H groups in total. The molecule has 2 rings (SSSR count). The van der Waals surface area contributed by atoms with Crippen LogP contribution in [0.1, 0.15) is 31.4 Å². The molecule has 4 nitrogen and oxygen atoms in total. The quantitative estimate of drug-likeness (QED) is 0.519. The Bertz CT molecular complexity index is 756. The third-order valence-corrected chi connectivity index (χ3v) is 5.01. The molecule has 0 aliphatic heterocycles. The summed E-state index contributed by atoms with van der Waals surface area (Å²) in [7, 11) is 0. The minimum absolute atomic E-state index is 0.0517. The molecule has 0 saturated heterocycles. The van der Waals surface area contributed by atoms with Gasteiger partial charge in [-0.2, -0.15) is 0 Å². The highest BCUT2D eigenvalue weighted by molar-refractivity contribution is 9.10. The maximum Gasteiger partial charge on any atom is 0.175 e. The average molecular weight is 461 g/mol. The molecule has 0 aliphatic carbocycles. The molecule has 2 aromatic rings. The normalized spacial score (nSPS) is 12.1. The third kappa shape index (κ3) is 6.35. The topological polar surface area (TPSA) is 50.7 Å². The number of halogens is 3. The van der Waals surface area contributed by atoms with Crippen LogP contribution in [0, 0.1) is 5.82 Å². The van der Waals surface area contributed by atoms with Crippen molar-refractivity contribution in [3.63, 3.8) is 0 Å². The second-order valence-corrected chi connectivity index (χ2v) is 7.29. The van der Waals surface area contributed by atoms with E-state index in [0.717, 1.165) is 16.5 Å². The second kappa shape index (κ2) is 10.9. The van der Waals surface area contributed by atoms with Crippen LogP contribution in [0.15, 0.2) is 34.8 Å². The number of rotatable bonds is 10. The monoisotopic (exact) mass is 459 g/mol. The lowest BCUT2D eigenvalue weighted by Gasteiger charge is -2.18. The summed E-state index contributed by atoms with van der Waals surface area (Å²) in [5.41, 5.74) is 1.69. The average Bonchev–Trinajstić information content (AvgIpc) is 2.63. The van der Waals surface area contributed by atoms with E-state index in [-0.39, 0.29) is 25.1 Å². The molecule has 0 aromatic heterocycles. The van der Waals surface area contributed by atoms with Crippen molar-refractivity contribution in [3.05, 3.63) is 56.8 Å². The fourth-order valence-electron chi connectivity index (χ4n) is 2.52. The fraction of sp³-hybridized carbons (Fsp3) is 0.400. The van der Waals surface area contributed by atoms with E-state index < -0.39 is 0 Å². The Balaban J connectivity index is 2.17. The predicted molar refractivity (Wildman–Crippen MR) is 109 cm³/mol. The number of hydrogen-bond donors (Lipinski definition) is 2. The van der Waals surface area contributed by atoms with Crippen molar-refractivity contribution in [1.29, 1.82) is 0 Å². The molecule has 7 heteroatoms. The Kier molecular flexibility index (Phi) is 8.83. The molecule has 0 radical (unpaired) electrons. The van der Waals surface area contributed by atoms with Crippen LogP contribution < -0.4 is 14.8 Å². The second-order valence-electron chi connectivity index (χ2n) is 6.03. The van der Waals surface area contributed by atoms with Crippen LogP contribution in [0.25, 0.3) is 0 Å². The molecule has 0 aliphatic rings. The van der Waals surface area contributed by atoms with Gasteiger partial charge in [-0.05, 0) is 59.1 Å². The maximum absolute atomic E-state index is 13.2. The Morgan fingerprint density at radius 3 is 2.63 bits per heavy atom. The van der Waals surface area contributed by atoms with E-state index >= 15 is 0 Å². The van der Waals surface area contributed by atoms with Gasteiger partial charge in [-0.15, -0.1) is 0 Å². The van der Waals surface area contributed by atoms with Gasteiger partial charge in [0.2, 0.25) is 0 Å². The molecule has 0 fully saturated rings. The Labute approximate surface area is 172 Å². The highest BCUT2D eigenvalue weighted by atomic mass is 79.9. The molecule has 0 amide bonds. The van der Waals surface area contributed by atoms with Crippen molar-refractivity contribution in [2.24, 2.45) is 0 Å². The molecule has 0 heterocycles. The zero-order valence-corrected chi connectivity index (χ0v) is 17.7. The summed E-state index contributed by atoms with van der Waals surface area (Å²) in [6, 6.07) is 8.12. The van der Waals surface area contributed by atoms with Gasteiger partial charge >= 0.3 is 0 Å². The van der Waals surface area contributed by atoms with Crippen LogP contribution in [-0.2, 0) is 13.2 Å². The molecular formula is C20H24BrClFNO3. The van der Waals surface area contributed by atoms with Crippen molar-refractivity contribution >= 4 is 27.5 Å². The van der Waals surface area contributed by atoms with Crippen LogP contribution >= 0.6 is 27.5 Å². The van der Waals surface area contributed by atoms with Crippen molar-refractivity contribution in [2.75, 3.05) is 13.2 Å². The van der Waals surface area contributed by atoms with Gasteiger partial charge in [-0.1, -0.05) is 24.6 Å². The van der Waals surface area contributed by atoms with Gasteiger partial charge in [0.1, 0.15) is 12.4 Å². The van der Waals surface area contributed by atoms with Gasteiger partial charge in [-0.3, -0.25) is 0 Å². The summed E-state index contributed by atoms with van der Waals surface area (Å²) < 4.78 is 25.6. The highest BCUT2D eigenvalue weighted by Gasteiger charge is 2.14. The first kappa shape index (κ1) is 22.0. The Morgan fingerprint density at radius 2 is 2.00 bits per heavy atom. The van der Waals surface area contributed by atoms with Crippen molar-refractivity contribution < 1.29 is 19.0 Å². The zero-order valence-electron chi connectivity index (χ0n) is 15.4. The van der Waals surface area contributed by atoms with Gasteiger partial charge in [0, 0.05) is 18.2 Å². The largest absolute Gasteiger partial charge is 0.490 e. The van der Waals surface area contributed by atoms with E-state index in [4.69, 9.17) is 21.1 Å². The molecule has 148 valence electrons. The molecule has 0 spiro atoms. The number of hydrogen-bond acceptors (Lipinski definition) is 4. The van der Waals surface area contributed by atoms with E-state index in [0.29, 0.717) is 35.2 Å². The lowest BCUT2D eigenvalue weighted by Crippen LogP contribution is -2.31. The van der Waals surface area contributed by atoms with Crippen LogP contribution in [0.4, 0.5) is 4.39 Å². The number of benzene rings is 2. The summed E-state index contributed by atoms with van der Waals surface area (Å²) in [6.45, 7) is 5.30. The minimum Gasteiger partial charge on any atom is -0.490 e. The summed E-state index contributed by atoms with van der Waals surface area (Å²) in [4.78, 5) is 0. The number of aliphatic hydroxyl groups is 1. The van der Waals surface area contributed by atoms with E-state index in [9.17, 15) is 9.50 Å². The zero-order chi connectivity index (χ0) is 19.8. The van der Waals surface area contributed by atoms with E-state index in [1.807, 2.05) is 26.0 Å². The molecule has 0 unspecified atom stereocenters. The van der Waals surface area contributed by atoms with Gasteiger partial charge < -0.3 is 19.9 Å². The van der Waals surface area contributed by atoms with Crippen molar-refractivity contribution in [2.45, 2.75) is 39.5 Å². The molecule has 27 heavy (non-hydrogen) atoms. The van der Waals surface area contributed by atoms with Crippen LogP contribution in [0.5, 0.6) is 11.5 Å². The summed E-state index contributed by atoms with van der Waals surface area (Å²) in [6.07, 6.45) is 0.843. The van der Waals surface area contributed by atoms with Gasteiger partial charge in [0.15, 0.2) is 11.5 Å². The highest BCUT2D eigenvalue weighted by Crippen LogP contribution is 2.38. The van der Waals surface area contributed by atoms with Crippen molar-refractivity contribution in [3.8, 4) is 11.5 Å². The number of nitrogens with one attached hydrogen (secondary N) is 1. The van der Waals surface area contributed by atoms with Gasteiger partial charge in [0.05, 0.1) is 22.7 Å². The predicted octanol–water partition coefficient (Wildman–Crippen LogP) is 5.08. The van der Waals surface area contributed by atoms with Crippen molar-refractivity contribution in [1.82, 2.24) is 5.32 Å². The molecule has 2 aromatic carbocycles.